The Kier molecular flexibility index (Phi) is 3.12. The first-order chi connectivity index (χ1) is 8.52. The second-order valence-corrected chi connectivity index (χ2v) is 3.79. The summed E-state index contributed by atoms with van der Waals surface area (Å²) in [6.07, 6.45) is 0. The van der Waals surface area contributed by atoms with Gasteiger partial charge in [0.2, 0.25) is 5.76 Å². The highest BCUT2D eigenvalue weighted by molar-refractivity contribution is 6.32. The zero-order valence-corrected chi connectivity index (χ0v) is 10.1. The van der Waals surface area contributed by atoms with Crippen molar-refractivity contribution in [3.63, 3.8) is 0 Å². The van der Waals surface area contributed by atoms with Gasteiger partial charge in [0, 0.05) is 5.56 Å². The average molecular weight is 269 g/mol. The van der Waals surface area contributed by atoms with Gasteiger partial charge in [-0.25, -0.2) is 4.79 Å². The molecule has 6 nitrogen and oxygen atoms in total. The molecule has 0 bridgehead atoms. The molecule has 0 unspecified atom stereocenters. The molecule has 18 heavy (non-hydrogen) atoms. The van der Waals surface area contributed by atoms with Crippen LogP contribution in [0.4, 0.5) is 6.01 Å². The van der Waals surface area contributed by atoms with Gasteiger partial charge < -0.3 is 20.0 Å². The summed E-state index contributed by atoms with van der Waals surface area (Å²) >= 11 is 5.96. The molecule has 2 rings (SSSR count). The molecular weight excluding hydrogens is 260 g/mol. The van der Waals surface area contributed by atoms with E-state index < -0.39 is 5.97 Å². The number of hydrogen-bond donors (Lipinski definition) is 2. The highest BCUT2D eigenvalue weighted by Gasteiger charge is 2.20. The monoisotopic (exact) mass is 268 g/mol. The van der Waals surface area contributed by atoms with Crippen LogP contribution < -0.4 is 10.5 Å². The number of ether oxygens (including phenoxy) is 1. The number of oxazole rings is 1. The van der Waals surface area contributed by atoms with E-state index in [0.29, 0.717) is 16.3 Å². The van der Waals surface area contributed by atoms with Gasteiger partial charge in [-0.3, -0.25) is 0 Å². The van der Waals surface area contributed by atoms with Crippen LogP contribution in [0.25, 0.3) is 11.3 Å². The third-order valence-corrected chi connectivity index (χ3v) is 2.56. The van der Waals surface area contributed by atoms with Crippen molar-refractivity contribution >= 4 is 23.6 Å². The van der Waals surface area contributed by atoms with Crippen molar-refractivity contribution in [3.05, 3.63) is 29.0 Å². The minimum Gasteiger partial charge on any atom is -0.495 e. The fourth-order valence-electron chi connectivity index (χ4n) is 1.49. The molecule has 0 aliphatic heterocycles. The van der Waals surface area contributed by atoms with Crippen LogP contribution in [0.1, 0.15) is 10.6 Å². The summed E-state index contributed by atoms with van der Waals surface area (Å²) in [4.78, 5) is 14.8. The Morgan fingerprint density at radius 1 is 1.56 bits per heavy atom. The third-order valence-electron chi connectivity index (χ3n) is 2.26. The maximum Gasteiger partial charge on any atom is 0.374 e. The minimum atomic E-state index is -1.25. The fraction of sp³-hybridized carbons (Fsp3) is 0.0909. The lowest BCUT2D eigenvalue weighted by Crippen LogP contribution is -1.96. The highest BCUT2D eigenvalue weighted by Crippen LogP contribution is 2.32. The molecule has 0 fully saturated rings. The Bertz CT molecular complexity index is 609. The lowest BCUT2D eigenvalue weighted by molar-refractivity contribution is 0.0665. The SMILES string of the molecule is COc1ccc(-c2nc(N)oc2C(=O)O)cc1Cl. The number of carbonyl (C=O) groups is 1. The van der Waals surface area contributed by atoms with E-state index in [4.69, 9.17) is 31.6 Å². The van der Waals surface area contributed by atoms with E-state index in [2.05, 4.69) is 4.98 Å². The van der Waals surface area contributed by atoms with Crippen molar-refractivity contribution in [2.24, 2.45) is 0 Å². The summed E-state index contributed by atoms with van der Waals surface area (Å²) in [5, 5.41) is 9.30. The quantitative estimate of drug-likeness (QED) is 0.886. The predicted molar refractivity (Wildman–Crippen MR) is 64.9 cm³/mol. The Labute approximate surface area is 107 Å². The molecule has 0 aliphatic carbocycles. The van der Waals surface area contributed by atoms with E-state index >= 15 is 0 Å². The molecule has 0 saturated heterocycles. The summed E-state index contributed by atoms with van der Waals surface area (Å²) in [5.41, 5.74) is 5.96. The number of nitrogen functional groups attached to an aromatic ring is 1. The molecule has 0 spiro atoms. The molecule has 0 amide bonds. The van der Waals surface area contributed by atoms with Crippen molar-refractivity contribution in [2.45, 2.75) is 0 Å². The molecule has 94 valence electrons. The number of halogens is 1. The summed E-state index contributed by atoms with van der Waals surface area (Å²) in [7, 11) is 1.48. The van der Waals surface area contributed by atoms with E-state index in [-0.39, 0.29) is 17.5 Å². The van der Waals surface area contributed by atoms with Gasteiger partial charge in [-0.1, -0.05) is 11.6 Å². The molecule has 0 saturated carbocycles. The lowest BCUT2D eigenvalue weighted by atomic mass is 10.1. The minimum absolute atomic E-state index is 0.129. The van der Waals surface area contributed by atoms with Gasteiger partial charge in [-0.2, -0.15) is 4.98 Å². The lowest BCUT2D eigenvalue weighted by Gasteiger charge is -2.04. The van der Waals surface area contributed by atoms with E-state index in [1.807, 2.05) is 0 Å². The van der Waals surface area contributed by atoms with Gasteiger partial charge in [0.25, 0.3) is 6.01 Å². The first-order valence-electron chi connectivity index (χ1n) is 4.86. The number of benzene rings is 1. The standard InChI is InChI=1S/C11H9ClN2O4/c1-17-7-3-2-5(4-6(7)12)8-9(10(15)16)18-11(13)14-8/h2-4H,1H3,(H2,13,14)(H,15,16). The van der Waals surface area contributed by atoms with Gasteiger partial charge in [-0.05, 0) is 18.2 Å². The van der Waals surface area contributed by atoms with Gasteiger partial charge in [0.1, 0.15) is 11.4 Å². The van der Waals surface area contributed by atoms with Gasteiger partial charge in [-0.15, -0.1) is 0 Å². The van der Waals surface area contributed by atoms with Crippen LogP contribution in [0.15, 0.2) is 22.6 Å². The third kappa shape index (κ3) is 2.10. The van der Waals surface area contributed by atoms with Crippen LogP contribution in [0.2, 0.25) is 5.02 Å². The van der Waals surface area contributed by atoms with E-state index in [1.54, 1.807) is 12.1 Å². The Hall–Kier alpha value is -2.21. The molecular formula is C11H9ClN2O4. The van der Waals surface area contributed by atoms with E-state index in [1.165, 1.54) is 13.2 Å². The predicted octanol–water partition coefficient (Wildman–Crippen LogP) is 2.28. The number of hydrogen-bond acceptors (Lipinski definition) is 5. The van der Waals surface area contributed by atoms with Crippen LogP contribution in [-0.2, 0) is 0 Å². The number of anilines is 1. The molecule has 2 aromatic rings. The number of nitrogens with two attached hydrogens (primary N) is 1. The van der Waals surface area contributed by atoms with E-state index in [0.717, 1.165) is 0 Å². The molecule has 1 aromatic heterocycles. The van der Waals surface area contributed by atoms with Crippen LogP contribution in [0.5, 0.6) is 5.75 Å². The van der Waals surface area contributed by atoms with Crippen molar-refractivity contribution in [2.75, 3.05) is 12.8 Å². The first-order valence-corrected chi connectivity index (χ1v) is 5.24. The number of aromatic nitrogens is 1. The van der Waals surface area contributed by atoms with Crippen molar-refractivity contribution in [3.8, 4) is 17.0 Å². The second kappa shape index (κ2) is 4.58. The van der Waals surface area contributed by atoms with Crippen molar-refractivity contribution in [1.82, 2.24) is 4.98 Å². The largest absolute Gasteiger partial charge is 0.495 e. The van der Waals surface area contributed by atoms with Crippen molar-refractivity contribution in [1.29, 1.82) is 0 Å². The number of carboxylic acid groups (broad SMARTS) is 1. The molecule has 3 N–H and O–H groups in total. The van der Waals surface area contributed by atoms with Gasteiger partial charge in [0.15, 0.2) is 0 Å². The number of methoxy groups -OCH3 is 1. The summed E-state index contributed by atoms with van der Waals surface area (Å²) in [6.45, 7) is 0. The molecule has 0 aliphatic rings. The summed E-state index contributed by atoms with van der Waals surface area (Å²) < 4.78 is 9.82. The normalized spacial score (nSPS) is 10.3. The van der Waals surface area contributed by atoms with Crippen LogP contribution in [-0.4, -0.2) is 23.2 Å². The topological polar surface area (TPSA) is 98.6 Å². The molecule has 1 heterocycles. The number of nitrogens with zero attached hydrogens (tertiary/aromatic N) is 1. The second-order valence-electron chi connectivity index (χ2n) is 3.38. The Balaban J connectivity index is 2.55. The zero-order valence-electron chi connectivity index (χ0n) is 9.31. The summed E-state index contributed by atoms with van der Waals surface area (Å²) in [6, 6.07) is 4.54. The fourth-order valence-corrected chi connectivity index (χ4v) is 1.75. The average Bonchev–Trinajstić information content (AvgIpc) is 2.71. The maximum absolute atomic E-state index is 11.0. The number of carboxylic acids is 1. The maximum atomic E-state index is 11.0. The van der Waals surface area contributed by atoms with Crippen LogP contribution in [0.3, 0.4) is 0 Å². The number of aromatic carboxylic acids is 1. The Morgan fingerprint density at radius 3 is 2.83 bits per heavy atom. The highest BCUT2D eigenvalue weighted by atomic mass is 35.5. The molecule has 1 aromatic carbocycles. The smallest absolute Gasteiger partial charge is 0.374 e. The van der Waals surface area contributed by atoms with Crippen LogP contribution in [0, 0.1) is 0 Å². The molecule has 0 atom stereocenters. The molecule has 0 radical (unpaired) electrons. The zero-order chi connectivity index (χ0) is 13.3. The van der Waals surface area contributed by atoms with Gasteiger partial charge in [0.05, 0.1) is 12.1 Å². The van der Waals surface area contributed by atoms with E-state index in [9.17, 15) is 4.79 Å². The summed E-state index contributed by atoms with van der Waals surface area (Å²) in [5.74, 6) is -1.09. The molecule has 7 heteroatoms. The van der Waals surface area contributed by atoms with Crippen LogP contribution >= 0.6 is 11.6 Å². The Morgan fingerprint density at radius 2 is 2.28 bits per heavy atom. The van der Waals surface area contributed by atoms with Gasteiger partial charge >= 0.3 is 5.97 Å². The van der Waals surface area contributed by atoms with Crippen molar-refractivity contribution < 1.29 is 19.1 Å². The first kappa shape index (κ1) is 12.3. The number of rotatable bonds is 3.